The Bertz CT molecular complexity index is 4770. The smallest absolute Gasteiger partial charge is 0.407 e. The number of alkyl halides is 8. The lowest BCUT2D eigenvalue weighted by molar-refractivity contribution is 0.0410. The third-order valence-corrected chi connectivity index (χ3v) is 22.5. The monoisotopic (exact) mass is 1800 g/mol. The second kappa shape index (κ2) is 41.5. The summed E-state index contributed by atoms with van der Waals surface area (Å²) in [6.45, 7) is 27.0. The van der Waals surface area contributed by atoms with Gasteiger partial charge >= 0.3 is 18.3 Å². The Labute approximate surface area is 736 Å². The fourth-order valence-electron chi connectivity index (χ4n) is 14.1. The lowest BCUT2D eigenvalue weighted by Gasteiger charge is -2.29. The third-order valence-electron chi connectivity index (χ3n) is 22.5. The highest BCUT2D eigenvalue weighted by Crippen LogP contribution is 2.50. The van der Waals surface area contributed by atoms with Crippen LogP contribution >= 0.6 is 0 Å². The molecule has 7 aromatic rings. The Morgan fingerprint density at radius 1 is 0.409 bits per heavy atom. The molecule has 5 aliphatic rings. The number of aliphatic hydroxyl groups is 2. The minimum absolute atomic E-state index is 0.0240. The maximum Gasteiger partial charge on any atom is 0.407 e. The molecule has 3 amide bonds. The fourth-order valence-corrected chi connectivity index (χ4v) is 14.1. The van der Waals surface area contributed by atoms with E-state index < -0.39 is 153 Å². The number of halogens is 14. The molecule has 5 fully saturated rings. The van der Waals surface area contributed by atoms with Crippen LogP contribution in [0.1, 0.15) is 243 Å². The molecule has 7 aromatic carbocycles. The normalized spacial score (nSPS) is 18.1. The van der Waals surface area contributed by atoms with Crippen LogP contribution in [0.15, 0.2) is 152 Å². The maximum atomic E-state index is 14.6. The minimum atomic E-state index is -2.53. The number of benzene rings is 7. The van der Waals surface area contributed by atoms with Crippen molar-refractivity contribution in [2.24, 2.45) is 11.5 Å². The van der Waals surface area contributed by atoms with Crippen molar-refractivity contribution in [1.29, 1.82) is 0 Å². The summed E-state index contributed by atoms with van der Waals surface area (Å²) in [6, 6.07) is 35.1. The summed E-state index contributed by atoms with van der Waals surface area (Å²) in [5.74, 6) is -4.34. The Kier molecular flexibility index (Phi) is 33.8. The molecule has 4 aliphatic carbocycles. The van der Waals surface area contributed by atoms with Gasteiger partial charge in [0.15, 0.2) is 12.3 Å². The molecule has 1 heterocycles. The number of hydrogen-bond acceptors (Lipinski definition) is 13. The number of ether oxygens (including phenoxy) is 4. The molecule has 30 heteroatoms. The van der Waals surface area contributed by atoms with E-state index in [-0.39, 0.29) is 72.3 Å². The van der Waals surface area contributed by atoms with E-state index in [0.717, 1.165) is 116 Å². The predicted molar refractivity (Wildman–Crippen MR) is 461 cm³/mol. The van der Waals surface area contributed by atoms with Crippen molar-refractivity contribution in [3.05, 3.63) is 248 Å². The van der Waals surface area contributed by atoms with Gasteiger partial charge < -0.3 is 67.2 Å². The number of epoxide rings is 1. The van der Waals surface area contributed by atoms with Crippen LogP contribution in [0.25, 0.3) is 0 Å². The zero-order valence-electron chi connectivity index (χ0n) is 75.3. The highest BCUT2D eigenvalue weighted by molar-refractivity contribution is 5.69. The number of carbonyl (C=O) groups excluding carboxylic acids is 3. The molecular weight excluding hydrogens is 1670 g/mol. The summed E-state index contributed by atoms with van der Waals surface area (Å²) in [6.07, 6.45) is -5.97. The Hall–Kier alpha value is -8.91. The zero-order valence-corrected chi connectivity index (χ0v) is 75.3. The van der Waals surface area contributed by atoms with Gasteiger partial charge in [0.25, 0.3) is 0 Å². The fraction of sp³-hybridized carbons (Fsp3) is 0.536. The topological polar surface area (TPSA) is 244 Å². The number of carbonyl (C=O) groups is 3. The predicted octanol–water partition coefficient (Wildman–Crippen LogP) is 20.8. The van der Waals surface area contributed by atoms with Gasteiger partial charge in [0.2, 0.25) is 12.9 Å². The van der Waals surface area contributed by atoms with E-state index in [9.17, 15) is 86.1 Å². The average molecular weight is 1800 g/mol. The van der Waals surface area contributed by atoms with E-state index >= 15 is 0 Å². The van der Waals surface area contributed by atoms with E-state index in [4.69, 9.17) is 30.4 Å². The van der Waals surface area contributed by atoms with Crippen LogP contribution in [0.5, 0.6) is 0 Å². The molecule has 11 N–H and O–H groups in total. The molecule has 12 rings (SSSR count). The second-order valence-corrected chi connectivity index (χ2v) is 39.3. The molecule has 1 aliphatic heterocycles. The highest BCUT2D eigenvalue weighted by Gasteiger charge is 2.49. The van der Waals surface area contributed by atoms with Crippen LogP contribution in [-0.2, 0) is 71.2 Å². The first kappa shape index (κ1) is 103. The average Bonchev–Trinajstić information content (AvgIpc) is 1.62. The third kappa shape index (κ3) is 31.7. The minimum Gasteiger partial charge on any atom is -0.444 e. The van der Waals surface area contributed by atoms with E-state index in [2.05, 4.69) is 26.6 Å². The van der Waals surface area contributed by atoms with Gasteiger partial charge in [-0.3, -0.25) is 0 Å². The van der Waals surface area contributed by atoms with Gasteiger partial charge in [0, 0.05) is 53.4 Å². The van der Waals surface area contributed by atoms with Crippen LogP contribution in [-0.4, -0.2) is 126 Å². The van der Waals surface area contributed by atoms with Gasteiger partial charge in [-0.05, 0) is 258 Å². The van der Waals surface area contributed by atoms with Crippen LogP contribution in [0.2, 0.25) is 0 Å². The van der Waals surface area contributed by atoms with Crippen LogP contribution in [0.4, 0.5) is 75.8 Å². The first-order valence-electron chi connectivity index (χ1n) is 42.7. The quantitative estimate of drug-likeness (QED) is 0.0116. The van der Waals surface area contributed by atoms with Crippen LogP contribution in [0.3, 0.4) is 0 Å². The number of alkyl carbamates (subject to hydrolysis) is 3. The molecule has 0 aromatic heterocycles. The summed E-state index contributed by atoms with van der Waals surface area (Å²) in [5.41, 5.74) is 8.34. The summed E-state index contributed by atoms with van der Waals surface area (Å²) >= 11 is 0. The lowest BCUT2D eigenvalue weighted by Crippen LogP contribution is -2.51. The maximum absolute atomic E-state index is 14.6. The summed E-state index contributed by atoms with van der Waals surface area (Å²) in [7, 11) is 0. The summed E-state index contributed by atoms with van der Waals surface area (Å²) < 4.78 is 211. The molecule has 0 radical (unpaired) electrons. The van der Waals surface area contributed by atoms with E-state index in [1.54, 1.807) is 137 Å². The molecule has 8 atom stereocenters. The molecule has 8 unspecified atom stereocenters. The van der Waals surface area contributed by atoms with Crippen LogP contribution in [0, 0.1) is 34.9 Å². The zero-order chi connectivity index (χ0) is 94.8. The van der Waals surface area contributed by atoms with E-state index in [1.165, 1.54) is 53.7 Å². The summed E-state index contributed by atoms with van der Waals surface area (Å²) in [4.78, 5) is 36.7. The highest BCUT2D eigenvalue weighted by atomic mass is 19.3. The molecule has 1 saturated heterocycles. The number of nitrogens with one attached hydrogen (secondary N) is 5. The van der Waals surface area contributed by atoms with Gasteiger partial charge in [-0.2, -0.15) is 0 Å². The van der Waals surface area contributed by atoms with E-state index in [1.807, 2.05) is 36.4 Å². The van der Waals surface area contributed by atoms with Gasteiger partial charge in [-0.25, -0.2) is 75.8 Å². The molecule has 0 bridgehead atoms. The van der Waals surface area contributed by atoms with Crippen molar-refractivity contribution in [1.82, 2.24) is 26.6 Å². The molecule has 700 valence electrons. The molecular formula is C97H125F14N7O9. The molecule has 16 nitrogen and oxygen atoms in total. The van der Waals surface area contributed by atoms with E-state index in [0.29, 0.717) is 28.9 Å². The Morgan fingerprint density at radius 2 is 0.693 bits per heavy atom. The Balaban J connectivity index is 0.000000206. The molecule has 127 heavy (non-hydrogen) atoms. The largest absolute Gasteiger partial charge is 0.444 e. The SMILES string of the molecule is CC(C)(C)OC(=O)NC(Cc1cc(F)cc(F)c1)C(O)CNC1(c2cccc(C(C)(C)C(F)F)c2)CC1.CC(C)(C)OC(=O)NC(Cc1cc(F)cc(F)c1)C(O)CNC1(c2cccc(C(F)C(C)(C)F)c2)CC1.CC(C)(C)OC(=O)NC(Cc1cc(F)cc(F)c1)C1CO1.CC(C)(F)C(F)c1cccc(C2(N)CC2)c1.CC(C)(c1cccc(C2(N)CC2)c1)C(F)F. The van der Waals surface area contributed by atoms with Crippen LogP contribution < -0.4 is 38.1 Å². The molecule has 4 saturated carbocycles. The first-order valence-corrected chi connectivity index (χ1v) is 42.7. The number of nitrogens with two attached hydrogens (primary N) is 2. The lowest BCUT2D eigenvalue weighted by atomic mass is 9.83. The standard InChI is InChI=1S/2C28H36F4N2O3.C15H19F2NO3.2C13H17F2N/c1-26(2,3)37-25(36)34-22(13-17-11-20(29)15-21(30)12-17)23(35)16-33-28(9-10-28)19-8-6-7-18(14-19)27(4,5)24(31)32;1-26(2,3)37-25(36)34-22(13-17-11-20(29)15-21(30)12-17)23(35)16-33-28(9-10-28)19-8-6-7-18(14-19)24(31)27(4,5)32;1-15(2,3)21-14(19)18-12(13-8-20-13)6-9-4-10(16)7-11(17)5-9;1-12(2,11(14)15)9-4-3-5-10(8-9)13(16)6-7-13;1-12(2,15)11(14)9-4-3-5-10(8-9)13(16)6-7-13/h2*6-8,11-12,14-15,22-24,33,35H,9-10,13,16H2,1-5H3,(H,34,36);4-5,7,12-13H,6,8H2,1-3H3,(H,18,19);2*3-5,8,11H,6-7,16H2,1-2H3. The van der Waals surface area contributed by atoms with Gasteiger partial charge in [-0.1, -0.05) is 125 Å². The number of hydrogen-bond donors (Lipinski definition) is 9. The van der Waals surface area contributed by atoms with Crippen molar-refractivity contribution < 1.29 is 105 Å². The van der Waals surface area contributed by atoms with Crippen molar-refractivity contribution in [2.45, 2.75) is 311 Å². The second-order valence-electron chi connectivity index (χ2n) is 39.3. The number of aliphatic hydroxyl groups excluding tert-OH is 2. The van der Waals surface area contributed by atoms with Crippen molar-refractivity contribution in [2.75, 3.05) is 19.7 Å². The number of rotatable bonds is 30. The van der Waals surface area contributed by atoms with Crippen molar-refractivity contribution in [3.63, 3.8) is 0 Å². The Morgan fingerprint density at radius 3 is 0.992 bits per heavy atom. The van der Waals surface area contributed by atoms with Crippen molar-refractivity contribution >= 4 is 18.3 Å². The van der Waals surface area contributed by atoms with Gasteiger partial charge in [-0.15, -0.1) is 0 Å². The van der Waals surface area contributed by atoms with Gasteiger partial charge in [0.1, 0.15) is 69.1 Å². The first-order chi connectivity index (χ1) is 58.6. The number of amides is 3. The van der Waals surface area contributed by atoms with Gasteiger partial charge in [0.05, 0.1) is 47.8 Å². The van der Waals surface area contributed by atoms with Crippen molar-refractivity contribution in [3.8, 4) is 0 Å². The molecule has 0 spiro atoms. The summed E-state index contributed by atoms with van der Waals surface area (Å²) in [5, 5.41) is 36.6.